The van der Waals surface area contributed by atoms with E-state index in [0.29, 0.717) is 5.69 Å². The first-order valence-electron chi connectivity index (χ1n) is 5.76. The maximum Gasteiger partial charge on any atom is 0.341 e. The third-order valence-corrected chi connectivity index (χ3v) is 4.25. The van der Waals surface area contributed by atoms with Gasteiger partial charge in [0.15, 0.2) is 0 Å². The van der Waals surface area contributed by atoms with Crippen molar-refractivity contribution >= 4 is 15.5 Å². The first kappa shape index (κ1) is 14.4. The van der Waals surface area contributed by atoms with Gasteiger partial charge >= 0.3 is 5.76 Å². The molecule has 0 fully saturated rings. The van der Waals surface area contributed by atoms with Crippen LogP contribution in [0, 0.1) is 6.92 Å². The molecule has 0 saturated heterocycles. The molecule has 5 nitrogen and oxygen atoms in total. The fraction of sp³-hybridized carbons (Fsp3) is 0.250. The Kier molecular flexibility index (Phi) is 4.03. The molecular weight excluding hydrogens is 288 g/mol. The smallest absolute Gasteiger partial charge is 0.341 e. The van der Waals surface area contributed by atoms with Crippen LogP contribution in [-0.2, 0) is 16.4 Å². The van der Waals surface area contributed by atoms with Crippen LogP contribution in [0.4, 0.5) is 14.5 Å². The number of benzene rings is 1. The van der Waals surface area contributed by atoms with Crippen LogP contribution in [0.15, 0.2) is 35.5 Å². The zero-order valence-corrected chi connectivity index (χ0v) is 11.4. The molecule has 0 aliphatic heterocycles. The average Bonchev–Trinajstić information content (AvgIpc) is 2.82. The maximum atomic E-state index is 12.6. The lowest BCUT2D eigenvalue weighted by molar-refractivity contribution is 0.235. The number of nitrogens with zero attached hydrogens (tertiary/aromatic N) is 1. The lowest BCUT2D eigenvalue weighted by Gasteiger charge is -2.11. The summed E-state index contributed by atoms with van der Waals surface area (Å²) in [6, 6.07) is 5.57. The Hall–Kier alpha value is -1.96. The SMILES string of the molecule is Cc1[nH]cnc1CNc1ccccc1S(=O)(=O)C(F)F. The van der Waals surface area contributed by atoms with Crippen molar-refractivity contribution in [1.82, 2.24) is 9.97 Å². The molecule has 0 amide bonds. The summed E-state index contributed by atoms with van der Waals surface area (Å²) >= 11 is 0. The highest BCUT2D eigenvalue weighted by atomic mass is 32.2. The van der Waals surface area contributed by atoms with Crippen molar-refractivity contribution in [2.45, 2.75) is 24.1 Å². The highest BCUT2D eigenvalue weighted by molar-refractivity contribution is 7.91. The molecular formula is C12H13F2N3O2S. The highest BCUT2D eigenvalue weighted by Crippen LogP contribution is 2.26. The molecule has 0 spiro atoms. The number of nitrogens with one attached hydrogen (secondary N) is 2. The minimum absolute atomic E-state index is 0.134. The average molecular weight is 301 g/mol. The van der Waals surface area contributed by atoms with Crippen LogP contribution in [0.3, 0.4) is 0 Å². The Bertz CT molecular complexity index is 698. The second-order valence-corrected chi connectivity index (χ2v) is 6.02. The summed E-state index contributed by atoms with van der Waals surface area (Å²) < 4.78 is 48.4. The molecule has 1 aromatic carbocycles. The van der Waals surface area contributed by atoms with Crippen molar-refractivity contribution < 1.29 is 17.2 Å². The maximum absolute atomic E-state index is 12.6. The van der Waals surface area contributed by atoms with E-state index in [4.69, 9.17) is 0 Å². The number of H-pyrrole nitrogens is 1. The zero-order chi connectivity index (χ0) is 14.8. The number of hydrogen-bond donors (Lipinski definition) is 2. The van der Waals surface area contributed by atoms with Gasteiger partial charge in [0.25, 0.3) is 0 Å². The Morgan fingerprint density at radius 1 is 1.35 bits per heavy atom. The van der Waals surface area contributed by atoms with E-state index in [-0.39, 0.29) is 12.2 Å². The minimum atomic E-state index is -4.63. The summed E-state index contributed by atoms with van der Waals surface area (Å²) in [6.07, 6.45) is 1.51. The molecule has 0 aliphatic carbocycles. The Labute approximate surface area is 115 Å². The molecule has 1 heterocycles. The number of halogens is 2. The fourth-order valence-electron chi connectivity index (χ4n) is 1.70. The molecule has 2 rings (SSSR count). The van der Waals surface area contributed by atoms with E-state index in [0.717, 1.165) is 11.8 Å². The largest absolute Gasteiger partial charge is 0.378 e. The molecule has 2 N–H and O–H groups in total. The quantitative estimate of drug-likeness (QED) is 0.889. The van der Waals surface area contributed by atoms with Crippen LogP contribution < -0.4 is 5.32 Å². The number of hydrogen-bond acceptors (Lipinski definition) is 4. The van der Waals surface area contributed by atoms with Gasteiger partial charge in [-0.25, -0.2) is 13.4 Å². The van der Waals surface area contributed by atoms with Crippen LogP contribution in [0.1, 0.15) is 11.4 Å². The number of sulfone groups is 1. The number of aromatic amines is 1. The number of aromatic nitrogens is 2. The van der Waals surface area contributed by atoms with Gasteiger partial charge in [-0.05, 0) is 19.1 Å². The number of imidazole rings is 1. The number of alkyl halides is 2. The Morgan fingerprint density at radius 3 is 2.65 bits per heavy atom. The van der Waals surface area contributed by atoms with Crippen molar-refractivity contribution in [3.63, 3.8) is 0 Å². The molecule has 2 aromatic rings. The number of anilines is 1. The highest BCUT2D eigenvalue weighted by Gasteiger charge is 2.28. The summed E-state index contributed by atoms with van der Waals surface area (Å²) in [5, 5.41) is 2.82. The van der Waals surface area contributed by atoms with Gasteiger partial charge in [0.05, 0.1) is 29.1 Å². The van der Waals surface area contributed by atoms with E-state index in [1.54, 1.807) is 6.07 Å². The molecule has 8 heteroatoms. The third-order valence-electron chi connectivity index (χ3n) is 2.81. The van der Waals surface area contributed by atoms with Crippen LogP contribution in [0.5, 0.6) is 0 Å². The van der Waals surface area contributed by atoms with Crippen LogP contribution in [0.2, 0.25) is 0 Å². The number of para-hydroxylation sites is 1. The molecule has 0 radical (unpaired) electrons. The third kappa shape index (κ3) is 2.79. The van der Waals surface area contributed by atoms with Crippen molar-refractivity contribution in [2.24, 2.45) is 0 Å². The van der Waals surface area contributed by atoms with Gasteiger partial charge in [0.2, 0.25) is 9.84 Å². The summed E-state index contributed by atoms with van der Waals surface area (Å²) in [4.78, 5) is 6.51. The molecule has 0 atom stereocenters. The van der Waals surface area contributed by atoms with E-state index >= 15 is 0 Å². The standard InChI is InChI=1S/C12H13F2N3O2S/c1-8-10(17-7-16-8)6-15-9-4-2-3-5-11(9)20(18,19)12(13)14/h2-5,7,12,15H,6H2,1H3,(H,16,17). The fourth-order valence-corrected chi connectivity index (χ4v) is 2.61. The van der Waals surface area contributed by atoms with Gasteiger partial charge in [-0.15, -0.1) is 0 Å². The molecule has 0 aliphatic rings. The van der Waals surface area contributed by atoms with Gasteiger partial charge < -0.3 is 10.3 Å². The second kappa shape index (κ2) is 5.58. The van der Waals surface area contributed by atoms with Gasteiger partial charge in [0, 0.05) is 5.69 Å². The van der Waals surface area contributed by atoms with E-state index in [1.165, 1.54) is 18.5 Å². The topological polar surface area (TPSA) is 74.8 Å². The summed E-state index contributed by atoms with van der Waals surface area (Å²) in [7, 11) is -4.63. The van der Waals surface area contributed by atoms with Gasteiger partial charge in [-0.1, -0.05) is 12.1 Å². The number of aryl methyl sites for hydroxylation is 1. The predicted octanol–water partition coefficient (Wildman–Crippen LogP) is 2.33. The van der Waals surface area contributed by atoms with E-state index in [1.807, 2.05) is 6.92 Å². The summed E-state index contributed by atoms with van der Waals surface area (Å²) in [5.74, 6) is -3.45. The Morgan fingerprint density at radius 2 is 2.05 bits per heavy atom. The van der Waals surface area contributed by atoms with Crippen LogP contribution >= 0.6 is 0 Å². The van der Waals surface area contributed by atoms with E-state index in [2.05, 4.69) is 15.3 Å². The predicted molar refractivity (Wildman–Crippen MR) is 70.3 cm³/mol. The van der Waals surface area contributed by atoms with Gasteiger partial charge in [-0.3, -0.25) is 0 Å². The van der Waals surface area contributed by atoms with Crippen LogP contribution in [-0.4, -0.2) is 24.1 Å². The molecule has 20 heavy (non-hydrogen) atoms. The van der Waals surface area contributed by atoms with Crippen molar-refractivity contribution in [1.29, 1.82) is 0 Å². The van der Waals surface area contributed by atoms with Crippen molar-refractivity contribution in [2.75, 3.05) is 5.32 Å². The first-order valence-corrected chi connectivity index (χ1v) is 7.31. The van der Waals surface area contributed by atoms with Gasteiger partial charge in [0.1, 0.15) is 0 Å². The molecule has 1 aromatic heterocycles. The van der Waals surface area contributed by atoms with Gasteiger partial charge in [-0.2, -0.15) is 8.78 Å². The normalized spacial score (nSPS) is 11.8. The van der Waals surface area contributed by atoms with E-state index in [9.17, 15) is 17.2 Å². The van der Waals surface area contributed by atoms with Crippen molar-refractivity contribution in [3.8, 4) is 0 Å². The molecule has 0 saturated carbocycles. The summed E-state index contributed by atoms with van der Waals surface area (Å²) in [5.41, 5.74) is 1.65. The van der Waals surface area contributed by atoms with Crippen molar-refractivity contribution in [3.05, 3.63) is 42.0 Å². The minimum Gasteiger partial charge on any atom is -0.378 e. The van der Waals surface area contributed by atoms with E-state index < -0.39 is 20.5 Å². The monoisotopic (exact) mass is 301 g/mol. The summed E-state index contributed by atoms with van der Waals surface area (Å²) in [6.45, 7) is 2.05. The second-order valence-electron chi connectivity index (χ2n) is 4.13. The lowest BCUT2D eigenvalue weighted by atomic mass is 10.3. The lowest BCUT2D eigenvalue weighted by Crippen LogP contribution is -2.14. The number of rotatable bonds is 5. The van der Waals surface area contributed by atoms with Crippen LogP contribution in [0.25, 0.3) is 0 Å². The zero-order valence-electron chi connectivity index (χ0n) is 10.6. The Balaban J connectivity index is 2.28. The first-order chi connectivity index (χ1) is 9.43. The molecule has 0 bridgehead atoms. The molecule has 108 valence electrons. The molecule has 0 unspecified atom stereocenters.